The van der Waals surface area contributed by atoms with Gasteiger partial charge < -0.3 is 14.8 Å². The molecule has 0 aliphatic carbocycles. The number of amides is 1. The van der Waals surface area contributed by atoms with Crippen LogP contribution in [-0.4, -0.2) is 30.1 Å². The highest BCUT2D eigenvalue weighted by molar-refractivity contribution is 7.20. The van der Waals surface area contributed by atoms with E-state index in [2.05, 4.69) is 10.3 Å². The maximum absolute atomic E-state index is 12.4. The van der Waals surface area contributed by atoms with Crippen LogP contribution in [0.1, 0.15) is 18.2 Å². The number of aryl methyl sites for hydroxylation is 1. The van der Waals surface area contributed by atoms with E-state index in [0.717, 1.165) is 15.4 Å². The Hall–Kier alpha value is -2.71. The number of rotatable bonds is 7. The highest BCUT2D eigenvalue weighted by atomic mass is 32.1. The van der Waals surface area contributed by atoms with Crippen LogP contribution in [0.3, 0.4) is 0 Å². The summed E-state index contributed by atoms with van der Waals surface area (Å²) in [6, 6.07) is 9.40. The number of anilines is 1. The first-order chi connectivity index (χ1) is 13.5. The Bertz CT molecular complexity index is 967. The molecule has 3 rings (SSSR count). The van der Waals surface area contributed by atoms with Crippen LogP contribution in [-0.2, 0) is 20.7 Å². The molecule has 0 fully saturated rings. The van der Waals surface area contributed by atoms with Crippen LogP contribution in [0.15, 0.2) is 41.1 Å². The van der Waals surface area contributed by atoms with Crippen molar-refractivity contribution in [3.8, 4) is 15.6 Å². The Labute approximate surface area is 171 Å². The van der Waals surface area contributed by atoms with Gasteiger partial charge in [-0.15, -0.1) is 22.7 Å². The summed E-state index contributed by atoms with van der Waals surface area (Å²) in [5.41, 5.74) is 2.15. The lowest BCUT2D eigenvalue weighted by molar-refractivity contribution is -0.152. The van der Waals surface area contributed by atoms with Gasteiger partial charge in [-0.2, -0.15) is 0 Å². The summed E-state index contributed by atoms with van der Waals surface area (Å²) >= 11 is 3.08. The molecule has 0 unspecified atom stereocenters. The van der Waals surface area contributed by atoms with Gasteiger partial charge >= 0.3 is 5.97 Å². The number of aromatic nitrogens is 1. The summed E-state index contributed by atoms with van der Waals surface area (Å²) in [5, 5.41) is 7.42. The Balaban J connectivity index is 1.57. The van der Waals surface area contributed by atoms with Crippen molar-refractivity contribution < 1.29 is 19.1 Å². The van der Waals surface area contributed by atoms with Gasteiger partial charge in [0.05, 0.1) is 29.8 Å². The monoisotopic (exact) mass is 416 g/mol. The standard InChI is InChI=1S/C20H20N2O4S2/c1-12-6-7-16(25-3)15(9-12)22-19(24)13(2)26-18(23)10-14-11-28-20(21-14)17-5-4-8-27-17/h4-9,11,13H,10H2,1-3H3,(H,22,24)/t13-/m1/s1. The van der Waals surface area contributed by atoms with Crippen LogP contribution in [0, 0.1) is 6.92 Å². The number of thiophene rings is 1. The second-order valence-corrected chi connectivity index (χ2v) is 7.93. The van der Waals surface area contributed by atoms with Crippen LogP contribution in [0.4, 0.5) is 5.69 Å². The third-order valence-corrected chi connectivity index (χ3v) is 5.83. The Morgan fingerprint density at radius 2 is 2.07 bits per heavy atom. The molecule has 28 heavy (non-hydrogen) atoms. The molecule has 0 saturated heterocycles. The van der Waals surface area contributed by atoms with Crippen LogP contribution in [0.25, 0.3) is 9.88 Å². The van der Waals surface area contributed by atoms with Crippen LogP contribution < -0.4 is 10.1 Å². The summed E-state index contributed by atoms with van der Waals surface area (Å²) in [7, 11) is 1.53. The Morgan fingerprint density at radius 1 is 1.25 bits per heavy atom. The highest BCUT2D eigenvalue weighted by Crippen LogP contribution is 2.28. The molecule has 0 spiro atoms. The van der Waals surface area contributed by atoms with Gasteiger partial charge in [0.2, 0.25) is 0 Å². The SMILES string of the molecule is COc1ccc(C)cc1NC(=O)[C@@H](C)OC(=O)Cc1csc(-c2cccs2)n1. The van der Waals surface area contributed by atoms with Gasteiger partial charge in [0, 0.05) is 5.38 Å². The molecule has 1 aromatic carbocycles. The summed E-state index contributed by atoms with van der Waals surface area (Å²) in [6.07, 6.45) is -0.916. The third kappa shape index (κ3) is 4.96. The number of ether oxygens (including phenoxy) is 2. The van der Waals surface area contributed by atoms with Crippen molar-refractivity contribution in [2.75, 3.05) is 12.4 Å². The van der Waals surface area contributed by atoms with Gasteiger partial charge in [-0.1, -0.05) is 12.1 Å². The number of carbonyl (C=O) groups is 2. The third-order valence-electron chi connectivity index (χ3n) is 3.90. The van der Waals surface area contributed by atoms with Gasteiger partial charge in [0.25, 0.3) is 5.91 Å². The van der Waals surface area contributed by atoms with E-state index in [1.54, 1.807) is 23.5 Å². The number of nitrogens with zero attached hydrogens (tertiary/aromatic N) is 1. The molecule has 8 heteroatoms. The van der Waals surface area contributed by atoms with Crippen molar-refractivity contribution in [1.82, 2.24) is 4.98 Å². The predicted octanol–water partition coefficient (Wildman–Crippen LogP) is 4.30. The van der Waals surface area contributed by atoms with Crippen molar-refractivity contribution >= 4 is 40.2 Å². The zero-order valence-electron chi connectivity index (χ0n) is 15.7. The lowest BCUT2D eigenvalue weighted by Crippen LogP contribution is -2.30. The smallest absolute Gasteiger partial charge is 0.312 e. The number of thiazole rings is 1. The maximum Gasteiger partial charge on any atom is 0.312 e. The van der Waals surface area contributed by atoms with Crippen molar-refractivity contribution in [2.45, 2.75) is 26.4 Å². The molecular weight excluding hydrogens is 396 g/mol. The first-order valence-corrected chi connectivity index (χ1v) is 10.4. The molecule has 0 radical (unpaired) electrons. The molecule has 0 aliphatic heterocycles. The fourth-order valence-electron chi connectivity index (χ4n) is 2.50. The van der Waals surface area contributed by atoms with E-state index in [1.165, 1.54) is 25.4 Å². The van der Waals surface area contributed by atoms with Crippen molar-refractivity contribution in [1.29, 1.82) is 0 Å². The second kappa shape index (κ2) is 8.99. The minimum atomic E-state index is -0.937. The number of esters is 1. The molecule has 2 aromatic heterocycles. The first-order valence-electron chi connectivity index (χ1n) is 8.59. The quantitative estimate of drug-likeness (QED) is 0.581. The van der Waals surface area contributed by atoms with Gasteiger partial charge in [-0.3, -0.25) is 9.59 Å². The maximum atomic E-state index is 12.4. The molecular formula is C20H20N2O4S2. The molecule has 0 bridgehead atoms. The first kappa shape index (κ1) is 20.0. The number of carbonyl (C=O) groups excluding carboxylic acids is 2. The summed E-state index contributed by atoms with van der Waals surface area (Å²) in [4.78, 5) is 30.1. The Morgan fingerprint density at radius 3 is 2.79 bits per heavy atom. The van der Waals surface area contributed by atoms with E-state index in [-0.39, 0.29) is 6.42 Å². The van der Waals surface area contributed by atoms with Crippen molar-refractivity contribution in [3.05, 3.63) is 52.3 Å². The predicted molar refractivity (Wildman–Crippen MR) is 111 cm³/mol. The number of methoxy groups -OCH3 is 1. The van der Waals surface area contributed by atoms with E-state index in [4.69, 9.17) is 9.47 Å². The largest absolute Gasteiger partial charge is 0.495 e. The van der Waals surface area contributed by atoms with Crippen LogP contribution in [0.2, 0.25) is 0 Å². The molecule has 1 amide bonds. The van der Waals surface area contributed by atoms with E-state index in [0.29, 0.717) is 17.1 Å². The minimum Gasteiger partial charge on any atom is -0.495 e. The Kier molecular flexibility index (Phi) is 6.43. The number of hydrogen-bond donors (Lipinski definition) is 1. The van der Waals surface area contributed by atoms with Gasteiger partial charge in [-0.25, -0.2) is 4.98 Å². The van der Waals surface area contributed by atoms with E-state index < -0.39 is 18.0 Å². The zero-order chi connectivity index (χ0) is 20.1. The number of hydrogen-bond acceptors (Lipinski definition) is 7. The van der Waals surface area contributed by atoms with Gasteiger partial charge in [0.15, 0.2) is 6.10 Å². The molecule has 146 valence electrons. The topological polar surface area (TPSA) is 77.5 Å². The van der Waals surface area contributed by atoms with Gasteiger partial charge in [0.1, 0.15) is 10.8 Å². The highest BCUT2D eigenvalue weighted by Gasteiger charge is 2.20. The normalized spacial score (nSPS) is 11.7. The summed E-state index contributed by atoms with van der Waals surface area (Å²) < 4.78 is 10.5. The van der Waals surface area contributed by atoms with Crippen LogP contribution in [0.5, 0.6) is 5.75 Å². The average Bonchev–Trinajstić information content (AvgIpc) is 3.33. The van der Waals surface area contributed by atoms with Crippen molar-refractivity contribution in [2.24, 2.45) is 0 Å². The summed E-state index contributed by atoms with van der Waals surface area (Å²) in [5.74, 6) is -0.377. The zero-order valence-corrected chi connectivity index (χ0v) is 17.4. The van der Waals surface area contributed by atoms with Crippen LogP contribution >= 0.6 is 22.7 Å². The van der Waals surface area contributed by atoms with Crippen molar-refractivity contribution in [3.63, 3.8) is 0 Å². The average molecular weight is 417 g/mol. The lowest BCUT2D eigenvalue weighted by atomic mass is 10.2. The number of nitrogens with one attached hydrogen (secondary N) is 1. The molecule has 0 aliphatic rings. The minimum absolute atomic E-state index is 0.0211. The second-order valence-electron chi connectivity index (χ2n) is 6.12. The van der Waals surface area contributed by atoms with E-state index >= 15 is 0 Å². The lowest BCUT2D eigenvalue weighted by Gasteiger charge is -2.15. The fraction of sp³-hybridized carbons (Fsp3) is 0.250. The molecule has 6 nitrogen and oxygen atoms in total. The molecule has 1 atom stereocenters. The number of benzene rings is 1. The van der Waals surface area contributed by atoms with E-state index in [9.17, 15) is 9.59 Å². The molecule has 3 aromatic rings. The molecule has 2 heterocycles. The molecule has 0 saturated carbocycles. The fourth-order valence-corrected chi connectivity index (χ4v) is 4.13. The summed E-state index contributed by atoms with van der Waals surface area (Å²) in [6.45, 7) is 3.45. The van der Waals surface area contributed by atoms with Gasteiger partial charge in [-0.05, 0) is 43.0 Å². The molecule has 1 N–H and O–H groups in total. The van der Waals surface area contributed by atoms with E-state index in [1.807, 2.05) is 35.9 Å².